The summed E-state index contributed by atoms with van der Waals surface area (Å²) in [6, 6.07) is 0.173. The zero-order valence-corrected chi connectivity index (χ0v) is 10.9. The molecule has 0 heterocycles. The number of rotatable bonds is 5. The van der Waals surface area contributed by atoms with Crippen molar-refractivity contribution < 1.29 is 9.53 Å². The highest BCUT2D eigenvalue weighted by Crippen LogP contribution is 2.27. The van der Waals surface area contributed by atoms with Crippen molar-refractivity contribution in [3.63, 3.8) is 0 Å². The minimum atomic E-state index is -0.144. The number of nitrogens with two attached hydrogens (primary N) is 1. The standard InChI is InChI=1S/C12H23NO2.ClH/c1-15-12(14)8-7-11(13)9-10-5-3-2-4-6-10;/h10-11H,2-9,13H2,1H3;1H. The smallest absolute Gasteiger partial charge is 0.305 e. The van der Waals surface area contributed by atoms with Crippen LogP contribution in [0.4, 0.5) is 0 Å². The second-order valence-electron chi connectivity index (χ2n) is 4.61. The van der Waals surface area contributed by atoms with Gasteiger partial charge in [-0.05, 0) is 18.8 Å². The number of ether oxygens (including phenoxy) is 1. The van der Waals surface area contributed by atoms with E-state index >= 15 is 0 Å². The van der Waals surface area contributed by atoms with E-state index in [1.165, 1.54) is 39.2 Å². The van der Waals surface area contributed by atoms with Crippen molar-refractivity contribution in [3.8, 4) is 0 Å². The minimum Gasteiger partial charge on any atom is -0.469 e. The molecule has 0 saturated heterocycles. The maximum atomic E-state index is 10.9. The first-order valence-corrected chi connectivity index (χ1v) is 6.04. The average molecular weight is 250 g/mol. The molecule has 0 spiro atoms. The largest absolute Gasteiger partial charge is 0.469 e. The lowest BCUT2D eigenvalue weighted by Gasteiger charge is -2.24. The van der Waals surface area contributed by atoms with Crippen LogP contribution in [0.1, 0.15) is 51.4 Å². The fourth-order valence-corrected chi connectivity index (χ4v) is 2.37. The number of methoxy groups -OCH3 is 1. The molecule has 0 amide bonds. The maximum absolute atomic E-state index is 10.9. The van der Waals surface area contributed by atoms with Crippen molar-refractivity contribution in [2.24, 2.45) is 11.7 Å². The highest BCUT2D eigenvalue weighted by Gasteiger charge is 2.17. The van der Waals surface area contributed by atoms with Gasteiger partial charge in [-0.3, -0.25) is 4.79 Å². The number of halogens is 1. The van der Waals surface area contributed by atoms with Crippen molar-refractivity contribution >= 4 is 18.4 Å². The Hall–Kier alpha value is -0.280. The van der Waals surface area contributed by atoms with E-state index in [4.69, 9.17) is 5.73 Å². The van der Waals surface area contributed by atoms with Crippen molar-refractivity contribution in [1.82, 2.24) is 0 Å². The second-order valence-corrected chi connectivity index (χ2v) is 4.61. The highest BCUT2D eigenvalue weighted by atomic mass is 35.5. The molecular formula is C12H24ClNO2. The average Bonchev–Trinajstić information content (AvgIpc) is 2.27. The number of carbonyl (C=O) groups excluding carboxylic acids is 1. The van der Waals surface area contributed by atoms with Crippen LogP contribution in [0.3, 0.4) is 0 Å². The summed E-state index contributed by atoms with van der Waals surface area (Å²) >= 11 is 0. The molecule has 1 aliphatic carbocycles. The van der Waals surface area contributed by atoms with Gasteiger partial charge in [0, 0.05) is 12.5 Å². The molecule has 1 rings (SSSR count). The van der Waals surface area contributed by atoms with Crippen molar-refractivity contribution in [3.05, 3.63) is 0 Å². The molecule has 1 aliphatic rings. The van der Waals surface area contributed by atoms with E-state index in [1.807, 2.05) is 0 Å². The number of carbonyl (C=O) groups is 1. The van der Waals surface area contributed by atoms with Gasteiger partial charge in [-0.2, -0.15) is 0 Å². The monoisotopic (exact) mass is 249 g/mol. The summed E-state index contributed by atoms with van der Waals surface area (Å²) in [5.41, 5.74) is 6.00. The van der Waals surface area contributed by atoms with Crippen LogP contribution < -0.4 is 5.73 Å². The van der Waals surface area contributed by atoms with E-state index in [0.717, 1.165) is 18.8 Å². The van der Waals surface area contributed by atoms with Gasteiger partial charge in [0.1, 0.15) is 0 Å². The molecule has 4 heteroatoms. The lowest BCUT2D eigenvalue weighted by molar-refractivity contribution is -0.140. The molecule has 1 saturated carbocycles. The predicted octanol–water partition coefficient (Wildman–Crippen LogP) is 2.66. The first-order chi connectivity index (χ1) is 7.22. The third-order valence-electron chi connectivity index (χ3n) is 3.31. The van der Waals surface area contributed by atoms with Gasteiger partial charge in [0.15, 0.2) is 0 Å². The molecule has 0 bridgehead atoms. The SMILES string of the molecule is COC(=O)CCC(N)CC1CCCCC1.Cl. The van der Waals surface area contributed by atoms with Crippen molar-refractivity contribution in [1.29, 1.82) is 0 Å². The normalized spacial score (nSPS) is 18.6. The molecule has 0 aromatic rings. The molecular weight excluding hydrogens is 226 g/mol. The molecule has 1 atom stereocenters. The zero-order chi connectivity index (χ0) is 11.1. The van der Waals surface area contributed by atoms with Gasteiger partial charge in [0.05, 0.1) is 7.11 Å². The lowest BCUT2D eigenvalue weighted by atomic mass is 9.84. The Labute approximate surface area is 105 Å². The van der Waals surface area contributed by atoms with Gasteiger partial charge >= 0.3 is 5.97 Å². The molecule has 16 heavy (non-hydrogen) atoms. The third-order valence-corrected chi connectivity index (χ3v) is 3.31. The number of hydrogen-bond acceptors (Lipinski definition) is 3. The van der Waals surface area contributed by atoms with Crippen molar-refractivity contribution in [2.45, 2.75) is 57.4 Å². The molecule has 0 aromatic carbocycles. The Bertz CT molecular complexity index is 193. The van der Waals surface area contributed by atoms with Crippen LogP contribution in [0.15, 0.2) is 0 Å². The molecule has 96 valence electrons. The van der Waals surface area contributed by atoms with E-state index in [2.05, 4.69) is 4.74 Å². The first-order valence-electron chi connectivity index (χ1n) is 6.04. The van der Waals surface area contributed by atoms with Gasteiger partial charge in [-0.1, -0.05) is 32.1 Å². The van der Waals surface area contributed by atoms with Crippen LogP contribution >= 0.6 is 12.4 Å². The van der Waals surface area contributed by atoms with Gasteiger partial charge in [0.2, 0.25) is 0 Å². The molecule has 1 unspecified atom stereocenters. The summed E-state index contributed by atoms with van der Waals surface area (Å²) in [7, 11) is 1.43. The van der Waals surface area contributed by atoms with E-state index < -0.39 is 0 Å². The molecule has 2 N–H and O–H groups in total. The van der Waals surface area contributed by atoms with E-state index in [0.29, 0.717) is 6.42 Å². The van der Waals surface area contributed by atoms with Crippen LogP contribution in [0.2, 0.25) is 0 Å². The molecule has 0 radical (unpaired) electrons. The van der Waals surface area contributed by atoms with Crippen LogP contribution in [0, 0.1) is 5.92 Å². The van der Waals surface area contributed by atoms with Crippen LogP contribution in [0.5, 0.6) is 0 Å². The second kappa shape index (κ2) is 8.82. The molecule has 3 nitrogen and oxygen atoms in total. The summed E-state index contributed by atoms with van der Waals surface area (Å²) in [5.74, 6) is 0.653. The number of esters is 1. The Morgan fingerprint density at radius 2 is 2.00 bits per heavy atom. The Morgan fingerprint density at radius 1 is 1.38 bits per heavy atom. The summed E-state index contributed by atoms with van der Waals surface area (Å²) in [6.07, 6.45) is 9.05. The topological polar surface area (TPSA) is 52.3 Å². The summed E-state index contributed by atoms with van der Waals surface area (Å²) < 4.78 is 4.60. The van der Waals surface area contributed by atoms with Gasteiger partial charge in [0.25, 0.3) is 0 Å². The Kier molecular flexibility index (Phi) is 8.67. The molecule has 1 fully saturated rings. The fourth-order valence-electron chi connectivity index (χ4n) is 2.37. The summed E-state index contributed by atoms with van der Waals surface area (Å²) in [5, 5.41) is 0. The van der Waals surface area contributed by atoms with Crippen LogP contribution in [0.25, 0.3) is 0 Å². The highest BCUT2D eigenvalue weighted by molar-refractivity contribution is 5.85. The molecule has 0 aromatic heterocycles. The van der Waals surface area contributed by atoms with E-state index in [-0.39, 0.29) is 24.4 Å². The van der Waals surface area contributed by atoms with Crippen molar-refractivity contribution in [2.75, 3.05) is 7.11 Å². The van der Waals surface area contributed by atoms with Gasteiger partial charge < -0.3 is 10.5 Å². The van der Waals surface area contributed by atoms with E-state index in [1.54, 1.807) is 0 Å². The van der Waals surface area contributed by atoms with Gasteiger partial charge in [-0.15, -0.1) is 12.4 Å². The maximum Gasteiger partial charge on any atom is 0.305 e. The van der Waals surface area contributed by atoms with E-state index in [9.17, 15) is 4.79 Å². The lowest BCUT2D eigenvalue weighted by Crippen LogP contribution is -2.25. The Morgan fingerprint density at radius 3 is 2.56 bits per heavy atom. The first kappa shape index (κ1) is 15.7. The quantitative estimate of drug-likeness (QED) is 0.763. The molecule has 0 aliphatic heterocycles. The summed E-state index contributed by atoms with van der Waals surface area (Å²) in [4.78, 5) is 10.9. The predicted molar refractivity (Wildman–Crippen MR) is 67.7 cm³/mol. The van der Waals surface area contributed by atoms with Gasteiger partial charge in [-0.25, -0.2) is 0 Å². The van der Waals surface area contributed by atoms with Crippen LogP contribution in [-0.2, 0) is 9.53 Å². The summed E-state index contributed by atoms with van der Waals surface area (Å²) in [6.45, 7) is 0. The fraction of sp³-hybridized carbons (Fsp3) is 0.917. The van der Waals surface area contributed by atoms with Crippen LogP contribution in [-0.4, -0.2) is 19.1 Å². The minimum absolute atomic E-state index is 0. The zero-order valence-electron chi connectivity index (χ0n) is 10.1. The third kappa shape index (κ3) is 6.33. The Balaban J connectivity index is 0.00000225. The number of hydrogen-bond donors (Lipinski definition) is 1.